The van der Waals surface area contributed by atoms with Crippen LogP contribution in [0.4, 0.5) is 17.3 Å². The lowest BCUT2D eigenvalue weighted by Crippen LogP contribution is -2.60. The number of hydrogen-bond donors (Lipinski definition) is 2. The monoisotopic (exact) mass is 573 g/mol. The van der Waals surface area contributed by atoms with Crippen LogP contribution in [0.2, 0.25) is 5.02 Å². The summed E-state index contributed by atoms with van der Waals surface area (Å²) in [6.07, 6.45) is 4.66. The summed E-state index contributed by atoms with van der Waals surface area (Å²) in [5.74, 6) is 1.44. The van der Waals surface area contributed by atoms with Crippen LogP contribution in [0.3, 0.4) is 0 Å². The van der Waals surface area contributed by atoms with E-state index < -0.39 is 15.6 Å². The quantitative estimate of drug-likeness (QED) is 0.461. The molecule has 11 nitrogen and oxygen atoms in total. The number of β-amino-alcohol motifs (C(OH)–C–C–N with tert-alkyl or cyclic N) is 1. The van der Waals surface area contributed by atoms with Gasteiger partial charge in [-0.05, 0) is 50.8 Å². The number of sulfonamides is 1. The van der Waals surface area contributed by atoms with Crippen LogP contribution in [-0.2, 0) is 10.0 Å². The summed E-state index contributed by atoms with van der Waals surface area (Å²) in [4.78, 5) is 24.8. The average molecular weight is 574 g/mol. The Hall–Kier alpha value is -3.09. The number of nitrogens with zero attached hydrogens (tertiary/aromatic N) is 6. The Morgan fingerprint density at radius 2 is 1.87 bits per heavy atom. The number of carbonyl (C=O) groups excluding carboxylic acids is 1. The Morgan fingerprint density at radius 1 is 1.10 bits per heavy atom. The number of nitrogens with one attached hydrogen (secondary N) is 1. The van der Waals surface area contributed by atoms with Gasteiger partial charge in [-0.1, -0.05) is 11.6 Å². The van der Waals surface area contributed by atoms with Gasteiger partial charge in [0.25, 0.3) is 5.91 Å². The summed E-state index contributed by atoms with van der Waals surface area (Å²) >= 11 is 6.22. The predicted molar refractivity (Wildman–Crippen MR) is 150 cm³/mol. The van der Waals surface area contributed by atoms with E-state index in [1.54, 1.807) is 15.5 Å². The molecule has 0 bridgehead atoms. The topological polar surface area (TPSA) is 123 Å². The van der Waals surface area contributed by atoms with Crippen LogP contribution >= 0.6 is 11.6 Å². The molecule has 13 heteroatoms. The van der Waals surface area contributed by atoms with E-state index >= 15 is 0 Å². The Kier molecular flexibility index (Phi) is 6.39. The van der Waals surface area contributed by atoms with Gasteiger partial charge in [0.15, 0.2) is 5.65 Å². The van der Waals surface area contributed by atoms with E-state index in [0.29, 0.717) is 30.3 Å². The van der Waals surface area contributed by atoms with Crippen molar-refractivity contribution in [3.8, 4) is 0 Å². The van der Waals surface area contributed by atoms with E-state index in [0.717, 1.165) is 62.4 Å². The molecule has 0 aliphatic carbocycles. The van der Waals surface area contributed by atoms with Crippen molar-refractivity contribution in [2.75, 3.05) is 53.5 Å². The summed E-state index contributed by atoms with van der Waals surface area (Å²) in [5, 5.41) is 15.7. The first-order valence-electron chi connectivity index (χ1n) is 13.2. The van der Waals surface area contributed by atoms with Crippen LogP contribution in [0.15, 0.2) is 30.3 Å². The second-order valence-electron chi connectivity index (χ2n) is 11.1. The molecule has 3 aliphatic heterocycles. The summed E-state index contributed by atoms with van der Waals surface area (Å²) in [7, 11) is -3.60. The van der Waals surface area contributed by atoms with Crippen molar-refractivity contribution in [1.29, 1.82) is 0 Å². The Balaban J connectivity index is 1.38. The average Bonchev–Trinajstić information content (AvgIpc) is 3.25. The molecule has 0 unspecified atom stereocenters. The number of carbonyl (C=O) groups is 1. The number of benzene rings is 1. The predicted octanol–water partition coefficient (Wildman–Crippen LogP) is 2.90. The highest BCUT2D eigenvalue weighted by atomic mass is 35.5. The smallest absolute Gasteiger partial charge is 0.256 e. The molecule has 208 valence electrons. The van der Waals surface area contributed by atoms with E-state index in [9.17, 15) is 18.3 Å². The normalized spacial score (nSPS) is 21.0. The third-order valence-electron chi connectivity index (χ3n) is 7.59. The van der Waals surface area contributed by atoms with Crippen molar-refractivity contribution >= 4 is 50.5 Å². The maximum Gasteiger partial charge on any atom is 0.256 e. The molecule has 3 aromatic rings. The standard InChI is InChI=1S/C26H32ClN7O4S/c1-26(36)15-32(16-26)24-14-22(31-9-5-10-31)28-23-13-20(29-34(23)24)21-6-3-4-11-33(21)25(35)18-12-17(27)7-8-19(18)30-39(2,37)38/h7-8,12-14,21,30,36H,3-6,9-11,15-16H2,1-2H3/t21-/m0/s1. The molecular formula is C26H32ClN7O4S. The zero-order chi connectivity index (χ0) is 27.5. The molecule has 1 amide bonds. The molecule has 0 spiro atoms. The van der Waals surface area contributed by atoms with Crippen molar-refractivity contribution in [3.63, 3.8) is 0 Å². The molecule has 2 N–H and O–H groups in total. The van der Waals surface area contributed by atoms with Crippen LogP contribution in [0, 0.1) is 0 Å². The van der Waals surface area contributed by atoms with Crippen molar-refractivity contribution < 1.29 is 18.3 Å². The van der Waals surface area contributed by atoms with Crippen molar-refractivity contribution in [3.05, 3.63) is 46.6 Å². The van der Waals surface area contributed by atoms with E-state index in [-0.39, 0.29) is 23.2 Å². The van der Waals surface area contributed by atoms with E-state index in [2.05, 4.69) is 14.5 Å². The van der Waals surface area contributed by atoms with Crippen LogP contribution in [0.1, 0.15) is 54.7 Å². The van der Waals surface area contributed by atoms with E-state index in [1.807, 2.05) is 19.1 Å². The third kappa shape index (κ3) is 5.12. The van der Waals surface area contributed by atoms with Crippen LogP contribution in [-0.4, -0.2) is 83.5 Å². The number of rotatable bonds is 6. The maximum absolute atomic E-state index is 13.9. The first kappa shape index (κ1) is 26.1. The van der Waals surface area contributed by atoms with Gasteiger partial charge in [0.1, 0.15) is 11.6 Å². The molecule has 6 rings (SSSR count). The second kappa shape index (κ2) is 9.53. The lowest BCUT2D eigenvalue weighted by molar-refractivity contribution is 0.0302. The minimum atomic E-state index is -3.60. The minimum absolute atomic E-state index is 0.194. The lowest BCUT2D eigenvalue weighted by atomic mass is 9.97. The molecule has 0 radical (unpaired) electrons. The van der Waals surface area contributed by atoms with E-state index in [1.165, 1.54) is 12.1 Å². The van der Waals surface area contributed by atoms with Gasteiger partial charge in [0, 0.05) is 49.9 Å². The number of aromatic nitrogens is 3. The first-order valence-corrected chi connectivity index (χ1v) is 15.5. The minimum Gasteiger partial charge on any atom is -0.386 e. The first-order chi connectivity index (χ1) is 18.5. The SMILES string of the molecule is CC1(O)CN(c2cc(N3CCC3)nc3cc([C@@H]4CCCCN4C(=O)c4cc(Cl)ccc4NS(C)(=O)=O)nn23)C1. The number of fused-ring (bicyclic) bond motifs is 1. The number of likely N-dealkylation sites (tertiary alicyclic amines) is 1. The molecule has 5 heterocycles. The van der Waals surface area contributed by atoms with Gasteiger partial charge in [-0.25, -0.2) is 13.4 Å². The molecule has 0 saturated carbocycles. The number of anilines is 3. The molecule has 3 aliphatic rings. The lowest BCUT2D eigenvalue weighted by Gasteiger charge is -2.45. The Morgan fingerprint density at radius 3 is 2.54 bits per heavy atom. The molecule has 1 aromatic carbocycles. The van der Waals surface area contributed by atoms with Gasteiger partial charge in [-0.2, -0.15) is 9.61 Å². The summed E-state index contributed by atoms with van der Waals surface area (Å²) < 4.78 is 28.2. The van der Waals surface area contributed by atoms with Crippen LogP contribution in [0.5, 0.6) is 0 Å². The van der Waals surface area contributed by atoms with Crippen LogP contribution in [0.25, 0.3) is 5.65 Å². The van der Waals surface area contributed by atoms with Gasteiger partial charge in [-0.3, -0.25) is 9.52 Å². The molecule has 2 aromatic heterocycles. The highest BCUT2D eigenvalue weighted by Gasteiger charge is 2.39. The number of halogens is 1. The second-order valence-corrected chi connectivity index (χ2v) is 13.3. The zero-order valence-corrected chi connectivity index (χ0v) is 23.5. The fraction of sp³-hybridized carbons (Fsp3) is 0.500. The van der Waals surface area contributed by atoms with Crippen molar-refractivity contribution in [2.45, 2.75) is 44.2 Å². The molecular weight excluding hydrogens is 542 g/mol. The number of amides is 1. The van der Waals surface area contributed by atoms with Gasteiger partial charge in [0.05, 0.1) is 34.8 Å². The summed E-state index contributed by atoms with van der Waals surface area (Å²) in [5.41, 5.74) is 1.06. The highest BCUT2D eigenvalue weighted by molar-refractivity contribution is 7.92. The molecule has 3 fully saturated rings. The largest absolute Gasteiger partial charge is 0.386 e. The fourth-order valence-corrected chi connectivity index (χ4v) is 6.37. The van der Waals surface area contributed by atoms with Gasteiger partial charge in [-0.15, -0.1) is 0 Å². The van der Waals surface area contributed by atoms with Gasteiger partial charge >= 0.3 is 0 Å². The van der Waals surface area contributed by atoms with Gasteiger partial charge < -0.3 is 19.8 Å². The van der Waals surface area contributed by atoms with E-state index in [4.69, 9.17) is 21.7 Å². The molecule has 39 heavy (non-hydrogen) atoms. The highest BCUT2D eigenvalue weighted by Crippen LogP contribution is 2.36. The number of hydrogen-bond acceptors (Lipinski definition) is 8. The van der Waals surface area contributed by atoms with Crippen molar-refractivity contribution in [2.24, 2.45) is 0 Å². The zero-order valence-electron chi connectivity index (χ0n) is 22.0. The maximum atomic E-state index is 13.9. The molecule has 1 atom stereocenters. The van der Waals surface area contributed by atoms with Crippen LogP contribution < -0.4 is 14.5 Å². The Labute approximate surface area is 232 Å². The summed E-state index contributed by atoms with van der Waals surface area (Å²) in [6, 6.07) is 8.22. The number of aliphatic hydroxyl groups is 1. The van der Waals surface area contributed by atoms with Crippen molar-refractivity contribution in [1.82, 2.24) is 19.5 Å². The Bertz CT molecular complexity index is 1550. The third-order valence-corrected chi connectivity index (χ3v) is 8.42. The summed E-state index contributed by atoms with van der Waals surface area (Å²) in [6.45, 7) is 5.24. The fourth-order valence-electron chi connectivity index (χ4n) is 5.62. The molecule has 3 saturated heterocycles. The number of piperidine rings is 1. The van der Waals surface area contributed by atoms with Gasteiger partial charge in [0.2, 0.25) is 10.0 Å².